The minimum atomic E-state index is -3.32. The molecule has 0 aromatic heterocycles. The predicted molar refractivity (Wildman–Crippen MR) is 81.7 cm³/mol. The Morgan fingerprint density at radius 3 is 2.45 bits per heavy atom. The summed E-state index contributed by atoms with van der Waals surface area (Å²) in [5, 5.41) is 3.41. The molecule has 2 rings (SSSR count). The highest BCUT2D eigenvalue weighted by atomic mass is 32.2. The average Bonchev–Trinajstić information content (AvgIpc) is 3.09. The van der Waals surface area contributed by atoms with Crippen LogP contribution in [0, 0.1) is 5.41 Å². The summed E-state index contributed by atoms with van der Waals surface area (Å²) < 4.78 is 28.8. The number of hydrogen-bond acceptors (Lipinski definition) is 3. The maximum Gasteiger partial charge on any atom is 0.279 e. The molecule has 2 N–H and O–H groups in total. The van der Waals surface area contributed by atoms with Crippen molar-refractivity contribution < 1.29 is 8.42 Å². The molecule has 0 aromatic carbocycles. The van der Waals surface area contributed by atoms with Crippen LogP contribution in [0.15, 0.2) is 0 Å². The fourth-order valence-electron chi connectivity index (χ4n) is 2.85. The largest absolute Gasteiger partial charge is 0.314 e. The van der Waals surface area contributed by atoms with Crippen LogP contribution in [0.1, 0.15) is 52.4 Å². The molecule has 0 heterocycles. The molecule has 0 spiro atoms. The van der Waals surface area contributed by atoms with Crippen LogP contribution in [0.4, 0.5) is 0 Å². The van der Waals surface area contributed by atoms with E-state index in [1.54, 1.807) is 7.05 Å². The van der Waals surface area contributed by atoms with Crippen molar-refractivity contribution >= 4 is 10.2 Å². The van der Waals surface area contributed by atoms with Crippen molar-refractivity contribution in [1.29, 1.82) is 0 Å². The molecule has 2 aliphatic rings. The minimum absolute atomic E-state index is 0.0991. The van der Waals surface area contributed by atoms with E-state index in [0.29, 0.717) is 12.6 Å². The van der Waals surface area contributed by atoms with Crippen LogP contribution in [0.25, 0.3) is 0 Å². The Hall–Kier alpha value is -0.170. The quantitative estimate of drug-likeness (QED) is 0.668. The molecule has 5 nitrogen and oxygen atoms in total. The first kappa shape index (κ1) is 16.2. The molecule has 118 valence electrons. The fraction of sp³-hybridized carbons (Fsp3) is 1.00. The van der Waals surface area contributed by atoms with E-state index in [0.717, 1.165) is 32.2 Å². The lowest BCUT2D eigenvalue weighted by Gasteiger charge is -2.22. The van der Waals surface area contributed by atoms with Crippen molar-refractivity contribution in [3.63, 3.8) is 0 Å². The van der Waals surface area contributed by atoms with Crippen molar-refractivity contribution in [3.8, 4) is 0 Å². The lowest BCUT2D eigenvalue weighted by molar-refractivity contribution is 0.369. The van der Waals surface area contributed by atoms with Gasteiger partial charge < -0.3 is 5.32 Å². The molecule has 20 heavy (non-hydrogen) atoms. The van der Waals surface area contributed by atoms with Gasteiger partial charge in [-0.3, -0.25) is 0 Å². The van der Waals surface area contributed by atoms with Crippen molar-refractivity contribution in [2.24, 2.45) is 5.41 Å². The summed E-state index contributed by atoms with van der Waals surface area (Å²) in [7, 11) is -1.66. The number of nitrogens with one attached hydrogen (secondary N) is 2. The van der Waals surface area contributed by atoms with Gasteiger partial charge in [0.15, 0.2) is 0 Å². The Bertz CT molecular complexity index is 418. The molecule has 2 aliphatic carbocycles. The number of nitrogens with zero attached hydrogens (tertiary/aromatic N) is 1. The second kappa shape index (κ2) is 6.30. The first-order valence-corrected chi connectivity index (χ1v) is 9.19. The van der Waals surface area contributed by atoms with Gasteiger partial charge in [0.05, 0.1) is 0 Å². The van der Waals surface area contributed by atoms with Crippen molar-refractivity contribution in [2.75, 3.05) is 20.1 Å². The summed E-state index contributed by atoms with van der Waals surface area (Å²) in [5.74, 6) is 0. The molecule has 0 saturated heterocycles. The third-order valence-electron chi connectivity index (χ3n) is 4.35. The standard InChI is InChI=1S/C14H29N3O2S/c1-14(2)8-7-13(11-14)16-20(18,19)17(3)10-4-9-15-12-5-6-12/h12-13,15-16H,4-11H2,1-3H3. The van der Waals surface area contributed by atoms with Crippen molar-refractivity contribution in [1.82, 2.24) is 14.3 Å². The minimum Gasteiger partial charge on any atom is -0.314 e. The molecular weight excluding hydrogens is 274 g/mol. The monoisotopic (exact) mass is 303 g/mol. The van der Waals surface area contributed by atoms with Crippen LogP contribution < -0.4 is 10.0 Å². The Labute approximate surface area is 123 Å². The molecule has 0 radical (unpaired) electrons. The molecule has 6 heteroatoms. The number of hydrogen-bond donors (Lipinski definition) is 2. The highest BCUT2D eigenvalue weighted by molar-refractivity contribution is 7.87. The molecule has 0 amide bonds. The topological polar surface area (TPSA) is 61.4 Å². The Balaban J connectivity index is 1.70. The lowest BCUT2D eigenvalue weighted by Crippen LogP contribution is -2.43. The zero-order chi connectivity index (χ0) is 14.8. The van der Waals surface area contributed by atoms with Crippen LogP contribution in [0.2, 0.25) is 0 Å². The summed E-state index contributed by atoms with van der Waals surface area (Å²) in [6, 6.07) is 0.790. The van der Waals surface area contributed by atoms with E-state index in [9.17, 15) is 8.42 Å². The van der Waals surface area contributed by atoms with E-state index in [1.807, 2.05) is 0 Å². The molecule has 1 atom stereocenters. The molecule has 0 bridgehead atoms. The Morgan fingerprint density at radius 1 is 1.20 bits per heavy atom. The van der Waals surface area contributed by atoms with Crippen molar-refractivity contribution in [3.05, 3.63) is 0 Å². The maximum atomic E-state index is 12.2. The van der Waals surface area contributed by atoms with Gasteiger partial charge in [0.1, 0.15) is 0 Å². The van der Waals surface area contributed by atoms with Gasteiger partial charge in [0.2, 0.25) is 0 Å². The molecule has 2 fully saturated rings. The third kappa shape index (κ3) is 4.98. The van der Waals surface area contributed by atoms with E-state index >= 15 is 0 Å². The highest BCUT2D eigenvalue weighted by Crippen LogP contribution is 2.37. The zero-order valence-corrected chi connectivity index (χ0v) is 13.8. The van der Waals surface area contributed by atoms with Crippen LogP contribution in [-0.2, 0) is 10.2 Å². The van der Waals surface area contributed by atoms with Gasteiger partial charge in [-0.25, -0.2) is 0 Å². The van der Waals surface area contributed by atoms with Crippen LogP contribution in [0.3, 0.4) is 0 Å². The van der Waals surface area contributed by atoms with E-state index in [1.165, 1.54) is 17.1 Å². The molecule has 1 unspecified atom stereocenters. The second-order valence-corrected chi connectivity index (χ2v) is 8.94. The van der Waals surface area contributed by atoms with Gasteiger partial charge >= 0.3 is 0 Å². The summed E-state index contributed by atoms with van der Waals surface area (Å²) in [6.07, 6.45) is 6.38. The van der Waals surface area contributed by atoms with Crippen LogP contribution >= 0.6 is 0 Å². The smallest absolute Gasteiger partial charge is 0.279 e. The average molecular weight is 303 g/mol. The fourth-order valence-corrected chi connectivity index (χ4v) is 4.02. The summed E-state index contributed by atoms with van der Waals surface area (Å²) in [5.41, 5.74) is 0.264. The normalized spacial score (nSPS) is 26.3. The van der Waals surface area contributed by atoms with E-state index in [-0.39, 0.29) is 11.5 Å². The molecular formula is C14H29N3O2S. The maximum absolute atomic E-state index is 12.2. The first-order valence-electron chi connectivity index (χ1n) is 7.75. The number of rotatable bonds is 8. The summed E-state index contributed by atoms with van der Waals surface area (Å²) in [4.78, 5) is 0. The predicted octanol–water partition coefficient (Wildman–Crippen LogP) is 1.47. The van der Waals surface area contributed by atoms with Crippen LogP contribution in [-0.4, -0.2) is 44.9 Å². The van der Waals surface area contributed by atoms with Gasteiger partial charge in [-0.2, -0.15) is 17.4 Å². The first-order chi connectivity index (χ1) is 9.28. The van der Waals surface area contributed by atoms with Crippen molar-refractivity contribution in [2.45, 2.75) is 64.5 Å². The lowest BCUT2D eigenvalue weighted by atomic mass is 9.92. The molecule has 0 aromatic rings. The Kier molecular flexibility index (Phi) is 5.10. The zero-order valence-electron chi connectivity index (χ0n) is 13.0. The summed E-state index contributed by atoms with van der Waals surface area (Å²) >= 11 is 0. The van der Waals surface area contributed by atoms with E-state index in [2.05, 4.69) is 23.9 Å². The molecule has 0 aliphatic heterocycles. The SMILES string of the molecule is CN(CCCNC1CC1)S(=O)(=O)NC1CCC(C)(C)C1. The second-order valence-electron chi connectivity index (χ2n) is 7.13. The van der Waals surface area contributed by atoms with Gasteiger partial charge in [0.25, 0.3) is 10.2 Å². The highest BCUT2D eigenvalue weighted by Gasteiger charge is 2.34. The summed E-state index contributed by atoms with van der Waals surface area (Å²) in [6.45, 7) is 5.88. The van der Waals surface area contributed by atoms with E-state index < -0.39 is 10.2 Å². The van der Waals surface area contributed by atoms with Crippen LogP contribution in [0.5, 0.6) is 0 Å². The molecule has 2 saturated carbocycles. The van der Waals surface area contributed by atoms with Gasteiger partial charge in [-0.05, 0) is 50.5 Å². The van der Waals surface area contributed by atoms with Gasteiger partial charge in [-0.1, -0.05) is 13.8 Å². The van der Waals surface area contributed by atoms with Gasteiger partial charge in [0, 0.05) is 25.7 Å². The Morgan fingerprint density at radius 2 is 1.90 bits per heavy atom. The third-order valence-corrected chi connectivity index (χ3v) is 5.99. The van der Waals surface area contributed by atoms with E-state index in [4.69, 9.17) is 0 Å². The van der Waals surface area contributed by atoms with Gasteiger partial charge in [-0.15, -0.1) is 0 Å².